The van der Waals surface area contributed by atoms with Crippen LogP contribution in [0.4, 0.5) is 13.2 Å². The minimum absolute atomic E-state index is 0.0610. The first-order valence-corrected chi connectivity index (χ1v) is 10.3. The number of benzene rings is 2. The average molecular weight is 471 g/mol. The number of aryl methyl sites for hydroxylation is 1. The molecule has 0 aliphatic heterocycles. The summed E-state index contributed by atoms with van der Waals surface area (Å²) in [5, 5.41) is -0.183. The summed E-state index contributed by atoms with van der Waals surface area (Å²) in [7, 11) is 0. The van der Waals surface area contributed by atoms with E-state index in [1.807, 2.05) is 0 Å². The summed E-state index contributed by atoms with van der Waals surface area (Å²) in [6.07, 6.45) is -3.68. The van der Waals surface area contributed by atoms with E-state index < -0.39 is 28.9 Å². The highest BCUT2D eigenvalue weighted by atomic mass is 32.1. The maximum absolute atomic E-state index is 14.0. The van der Waals surface area contributed by atoms with E-state index in [2.05, 4.69) is 4.98 Å². The molecule has 0 saturated carbocycles. The fraction of sp³-hybridized carbons (Fsp3) is 0.0870. The van der Waals surface area contributed by atoms with Gasteiger partial charge < -0.3 is 13.6 Å². The topological polar surface area (TPSA) is 82.5 Å². The number of nitrogens with zero attached hydrogens (tertiary/aromatic N) is 1. The van der Waals surface area contributed by atoms with Gasteiger partial charge in [0.15, 0.2) is 0 Å². The van der Waals surface area contributed by atoms with Crippen molar-refractivity contribution in [3.63, 3.8) is 0 Å². The number of hydrogen-bond donors (Lipinski definition) is 0. The molecular weight excluding hydrogens is 459 g/mol. The van der Waals surface area contributed by atoms with E-state index in [1.54, 1.807) is 24.3 Å². The molecule has 5 aromatic rings. The third-order valence-corrected chi connectivity index (χ3v) is 6.00. The Morgan fingerprint density at radius 1 is 1.09 bits per heavy atom. The van der Waals surface area contributed by atoms with Gasteiger partial charge in [0.25, 0.3) is 0 Å². The van der Waals surface area contributed by atoms with E-state index in [1.165, 1.54) is 37.5 Å². The number of ether oxygens (including phenoxy) is 1. The van der Waals surface area contributed by atoms with Crippen LogP contribution in [-0.2, 0) is 6.18 Å². The molecule has 0 amide bonds. The van der Waals surface area contributed by atoms with Gasteiger partial charge in [-0.3, -0.25) is 4.79 Å². The van der Waals surface area contributed by atoms with E-state index in [4.69, 9.17) is 13.6 Å². The monoisotopic (exact) mass is 471 g/mol. The number of para-hydroxylation sites is 1. The Hall–Kier alpha value is -3.92. The summed E-state index contributed by atoms with van der Waals surface area (Å²) >= 11 is 0.967. The molecule has 3 heterocycles. The Balaban J connectivity index is 1.71. The van der Waals surface area contributed by atoms with Gasteiger partial charge in [-0.1, -0.05) is 12.1 Å². The fourth-order valence-corrected chi connectivity index (χ4v) is 4.41. The van der Waals surface area contributed by atoms with Crippen LogP contribution in [0.3, 0.4) is 0 Å². The van der Waals surface area contributed by atoms with Gasteiger partial charge in [0.1, 0.15) is 21.9 Å². The molecule has 2 aromatic carbocycles. The number of carbonyl (C=O) groups excluding carboxylic acids is 1. The lowest BCUT2D eigenvalue weighted by molar-refractivity contribution is -0.152. The summed E-state index contributed by atoms with van der Waals surface area (Å²) in [5.74, 6) is -2.45. The maximum atomic E-state index is 14.0. The SMILES string of the molecule is Cc1c(OC(=O)c2ccco2)ccc2c(=O)c(-c3nc4ccccc4s3)c(C(F)(F)F)oc12. The van der Waals surface area contributed by atoms with Crippen molar-refractivity contribution >= 4 is 38.5 Å². The van der Waals surface area contributed by atoms with Crippen LogP contribution in [0.1, 0.15) is 21.9 Å². The highest BCUT2D eigenvalue weighted by molar-refractivity contribution is 7.21. The van der Waals surface area contributed by atoms with Crippen molar-refractivity contribution in [2.45, 2.75) is 13.1 Å². The van der Waals surface area contributed by atoms with Crippen molar-refractivity contribution < 1.29 is 31.5 Å². The van der Waals surface area contributed by atoms with Crippen molar-refractivity contribution in [1.29, 1.82) is 0 Å². The van der Waals surface area contributed by atoms with Gasteiger partial charge in [0.2, 0.25) is 16.9 Å². The molecule has 3 aromatic heterocycles. The van der Waals surface area contributed by atoms with Gasteiger partial charge in [-0.15, -0.1) is 11.3 Å². The molecule has 0 spiro atoms. The van der Waals surface area contributed by atoms with E-state index in [9.17, 15) is 22.8 Å². The molecule has 0 unspecified atom stereocenters. The summed E-state index contributed by atoms with van der Waals surface area (Å²) in [6, 6.07) is 12.2. The molecule has 0 radical (unpaired) electrons. The number of thiazole rings is 1. The van der Waals surface area contributed by atoms with E-state index in [0.29, 0.717) is 10.2 Å². The molecule has 0 fully saturated rings. The van der Waals surface area contributed by atoms with Crippen molar-refractivity contribution in [3.05, 3.63) is 82.1 Å². The van der Waals surface area contributed by atoms with Gasteiger partial charge >= 0.3 is 12.1 Å². The first-order valence-electron chi connectivity index (χ1n) is 9.53. The molecule has 0 saturated heterocycles. The number of fused-ring (bicyclic) bond motifs is 2. The molecule has 0 N–H and O–H groups in total. The second kappa shape index (κ2) is 7.59. The van der Waals surface area contributed by atoms with Gasteiger partial charge in [-0.05, 0) is 43.3 Å². The van der Waals surface area contributed by atoms with Crippen molar-refractivity contribution in [1.82, 2.24) is 4.98 Å². The molecule has 0 aliphatic rings. The molecule has 6 nitrogen and oxygen atoms in total. The third kappa shape index (κ3) is 3.58. The van der Waals surface area contributed by atoms with Crippen LogP contribution in [-0.4, -0.2) is 11.0 Å². The first kappa shape index (κ1) is 21.0. The Labute approximate surface area is 186 Å². The largest absolute Gasteiger partial charge is 0.457 e. The van der Waals surface area contributed by atoms with E-state index in [-0.39, 0.29) is 33.1 Å². The lowest BCUT2D eigenvalue weighted by Crippen LogP contribution is -2.16. The van der Waals surface area contributed by atoms with Crippen LogP contribution in [0, 0.1) is 6.92 Å². The smallest absolute Gasteiger partial charge is 0.450 e. The molecule has 166 valence electrons. The normalized spacial score (nSPS) is 11.9. The molecular formula is C23H12F3NO5S. The Morgan fingerprint density at radius 3 is 2.58 bits per heavy atom. The maximum Gasteiger partial charge on any atom is 0.450 e. The zero-order valence-corrected chi connectivity index (χ0v) is 17.5. The van der Waals surface area contributed by atoms with Crippen molar-refractivity contribution in [3.8, 4) is 16.3 Å². The van der Waals surface area contributed by atoms with Gasteiger partial charge in [-0.2, -0.15) is 13.2 Å². The van der Waals surface area contributed by atoms with Crippen LogP contribution in [0.2, 0.25) is 0 Å². The number of furan rings is 1. The molecule has 33 heavy (non-hydrogen) atoms. The van der Waals surface area contributed by atoms with Crippen LogP contribution in [0.5, 0.6) is 5.75 Å². The molecule has 10 heteroatoms. The van der Waals surface area contributed by atoms with Gasteiger partial charge in [-0.25, -0.2) is 9.78 Å². The molecule has 0 bridgehead atoms. The Kier molecular flexibility index (Phi) is 4.82. The number of carbonyl (C=O) groups is 1. The Bertz CT molecular complexity index is 1550. The lowest BCUT2D eigenvalue weighted by atomic mass is 10.1. The molecule has 5 rings (SSSR count). The quantitative estimate of drug-likeness (QED) is 0.230. The number of aromatic nitrogens is 1. The minimum Gasteiger partial charge on any atom is -0.457 e. The average Bonchev–Trinajstić information content (AvgIpc) is 3.45. The van der Waals surface area contributed by atoms with Crippen molar-refractivity contribution in [2.24, 2.45) is 0 Å². The summed E-state index contributed by atoms with van der Waals surface area (Å²) in [6.45, 7) is 1.40. The van der Waals surface area contributed by atoms with Crippen molar-refractivity contribution in [2.75, 3.05) is 0 Å². The highest BCUT2D eigenvalue weighted by Gasteiger charge is 2.40. The van der Waals surface area contributed by atoms with Crippen LogP contribution in [0.25, 0.3) is 31.8 Å². The van der Waals surface area contributed by atoms with Gasteiger partial charge in [0, 0.05) is 5.56 Å². The minimum atomic E-state index is -4.96. The van der Waals surface area contributed by atoms with Crippen LogP contribution < -0.4 is 10.2 Å². The number of rotatable bonds is 3. The molecule has 0 aliphatic carbocycles. The second-order valence-electron chi connectivity index (χ2n) is 7.05. The third-order valence-electron chi connectivity index (χ3n) is 4.95. The number of halogens is 3. The first-order chi connectivity index (χ1) is 15.7. The van der Waals surface area contributed by atoms with E-state index >= 15 is 0 Å². The predicted octanol–water partition coefficient (Wildman–Crippen LogP) is 6.21. The predicted molar refractivity (Wildman–Crippen MR) is 115 cm³/mol. The number of esters is 1. The zero-order valence-electron chi connectivity index (χ0n) is 16.7. The number of hydrogen-bond acceptors (Lipinski definition) is 7. The van der Waals surface area contributed by atoms with E-state index in [0.717, 1.165) is 11.3 Å². The summed E-state index contributed by atoms with van der Waals surface area (Å²) < 4.78 is 58.0. The summed E-state index contributed by atoms with van der Waals surface area (Å²) in [5.41, 5.74) is -1.33. The van der Waals surface area contributed by atoms with Gasteiger partial charge in [0.05, 0.1) is 21.9 Å². The zero-order chi connectivity index (χ0) is 23.3. The highest BCUT2D eigenvalue weighted by Crippen LogP contribution is 2.41. The number of alkyl halides is 3. The standard InChI is InChI=1S/C23H12F3NO5S/c1-11-14(31-22(29)15-6-4-10-30-15)9-8-12-18(28)17(20(23(24,25)26)32-19(11)12)21-27-13-5-2-3-7-16(13)33-21/h2-10H,1H3. The fourth-order valence-electron chi connectivity index (χ4n) is 3.40. The second-order valence-corrected chi connectivity index (χ2v) is 8.08. The lowest BCUT2D eigenvalue weighted by Gasteiger charge is -2.13. The van der Waals surface area contributed by atoms with Crippen LogP contribution >= 0.6 is 11.3 Å². The summed E-state index contributed by atoms with van der Waals surface area (Å²) in [4.78, 5) is 29.6. The molecule has 0 atom stereocenters. The van der Waals surface area contributed by atoms with Crippen LogP contribution in [0.15, 0.2) is 68.4 Å². The Morgan fingerprint density at radius 2 is 1.88 bits per heavy atom.